The Hall–Kier alpha value is -0.120. The van der Waals surface area contributed by atoms with E-state index in [1.165, 1.54) is 19.4 Å². The van der Waals surface area contributed by atoms with Crippen LogP contribution in [0.5, 0.6) is 0 Å². The average Bonchev–Trinajstić information content (AvgIpc) is 2.13. The van der Waals surface area contributed by atoms with Crippen LogP contribution in [0.25, 0.3) is 0 Å². The van der Waals surface area contributed by atoms with Crippen molar-refractivity contribution in [3.8, 4) is 0 Å². The van der Waals surface area contributed by atoms with Gasteiger partial charge in [0.2, 0.25) is 0 Å². The lowest BCUT2D eigenvalue weighted by Crippen LogP contribution is -2.22. The Bertz CT molecular complexity index is 98.9. The first kappa shape index (κ1) is 12.9. The molecule has 3 heteroatoms. The fourth-order valence-electron chi connectivity index (χ4n) is 1.29. The van der Waals surface area contributed by atoms with Crippen molar-refractivity contribution in [2.75, 3.05) is 40.4 Å². The summed E-state index contributed by atoms with van der Waals surface area (Å²) in [7, 11) is 3.92. The number of methoxy groups -OCH3 is 1. The van der Waals surface area contributed by atoms with Gasteiger partial charge in [-0.3, -0.25) is 0 Å². The van der Waals surface area contributed by atoms with E-state index in [-0.39, 0.29) is 0 Å². The summed E-state index contributed by atoms with van der Waals surface area (Å²) in [5, 5.41) is 0. The van der Waals surface area contributed by atoms with Crippen LogP contribution in [0.4, 0.5) is 0 Å². The first-order valence-corrected chi connectivity index (χ1v) is 5.18. The van der Waals surface area contributed by atoms with E-state index in [0.29, 0.717) is 0 Å². The van der Waals surface area contributed by atoms with E-state index in [1.54, 1.807) is 7.11 Å². The zero-order valence-electron chi connectivity index (χ0n) is 9.09. The Morgan fingerprint density at radius 3 is 2.38 bits per heavy atom. The Balaban J connectivity index is 3.05. The summed E-state index contributed by atoms with van der Waals surface area (Å²) in [5.41, 5.74) is 5.41. The molecule has 0 aliphatic rings. The van der Waals surface area contributed by atoms with Gasteiger partial charge in [-0.1, -0.05) is 6.42 Å². The molecule has 0 aromatic rings. The maximum atomic E-state index is 5.41. The highest BCUT2D eigenvalue weighted by Crippen LogP contribution is 1.96. The third-order valence-electron chi connectivity index (χ3n) is 2.13. The normalized spacial score (nSPS) is 11.1. The standard InChI is InChI=1S/C10H24N2O/c1-12(9-6-10-13-2)8-5-3-4-7-11/h3-11H2,1-2H3. The molecule has 0 aromatic carbocycles. The fraction of sp³-hybridized carbons (Fsp3) is 1.00. The monoisotopic (exact) mass is 188 g/mol. The zero-order valence-corrected chi connectivity index (χ0v) is 9.09. The lowest BCUT2D eigenvalue weighted by Gasteiger charge is -2.15. The topological polar surface area (TPSA) is 38.5 Å². The van der Waals surface area contributed by atoms with E-state index in [1.807, 2.05) is 0 Å². The molecule has 0 fully saturated rings. The molecule has 3 nitrogen and oxygen atoms in total. The highest BCUT2D eigenvalue weighted by atomic mass is 16.5. The van der Waals surface area contributed by atoms with E-state index in [9.17, 15) is 0 Å². The maximum absolute atomic E-state index is 5.41. The van der Waals surface area contributed by atoms with Crippen LogP contribution in [0.2, 0.25) is 0 Å². The summed E-state index contributed by atoms with van der Waals surface area (Å²) >= 11 is 0. The lowest BCUT2D eigenvalue weighted by atomic mass is 10.2. The minimum atomic E-state index is 0.827. The summed E-state index contributed by atoms with van der Waals surface area (Å²) in [6.45, 7) is 4.01. The summed E-state index contributed by atoms with van der Waals surface area (Å²) in [6, 6.07) is 0. The molecule has 0 unspecified atom stereocenters. The Kier molecular flexibility index (Phi) is 9.87. The van der Waals surface area contributed by atoms with E-state index in [0.717, 1.165) is 32.5 Å². The summed E-state index contributed by atoms with van der Waals surface area (Å²) in [4.78, 5) is 2.36. The molecular weight excluding hydrogens is 164 g/mol. The zero-order chi connectivity index (χ0) is 9.94. The van der Waals surface area contributed by atoms with Gasteiger partial charge in [-0.2, -0.15) is 0 Å². The molecule has 0 radical (unpaired) electrons. The summed E-state index contributed by atoms with van der Waals surface area (Å²) in [5.74, 6) is 0. The Morgan fingerprint density at radius 2 is 1.77 bits per heavy atom. The van der Waals surface area contributed by atoms with Crippen LogP contribution < -0.4 is 5.73 Å². The Labute approximate surface area is 82.2 Å². The second-order valence-electron chi connectivity index (χ2n) is 3.50. The SMILES string of the molecule is COCCCN(C)CCCCCN. The molecule has 0 spiro atoms. The molecule has 0 aliphatic heterocycles. The van der Waals surface area contributed by atoms with Crippen molar-refractivity contribution in [1.29, 1.82) is 0 Å². The molecule has 0 rings (SSSR count). The number of hydrogen-bond donors (Lipinski definition) is 1. The summed E-state index contributed by atoms with van der Waals surface area (Å²) in [6.07, 6.45) is 4.81. The molecular formula is C10H24N2O. The minimum absolute atomic E-state index is 0.827. The third kappa shape index (κ3) is 9.80. The molecule has 0 aromatic heterocycles. The lowest BCUT2D eigenvalue weighted by molar-refractivity contribution is 0.179. The van der Waals surface area contributed by atoms with Crippen LogP contribution in [0.3, 0.4) is 0 Å². The second kappa shape index (κ2) is 9.96. The number of nitrogens with two attached hydrogens (primary N) is 1. The van der Waals surface area contributed by atoms with Crippen molar-refractivity contribution in [3.63, 3.8) is 0 Å². The van der Waals surface area contributed by atoms with Crippen LogP contribution in [0, 0.1) is 0 Å². The largest absolute Gasteiger partial charge is 0.385 e. The number of rotatable bonds is 9. The highest BCUT2D eigenvalue weighted by Gasteiger charge is 1.96. The molecule has 2 N–H and O–H groups in total. The first-order valence-electron chi connectivity index (χ1n) is 5.18. The number of unbranched alkanes of at least 4 members (excludes halogenated alkanes) is 2. The minimum Gasteiger partial charge on any atom is -0.385 e. The van der Waals surface area contributed by atoms with Crippen LogP contribution in [-0.2, 0) is 4.74 Å². The average molecular weight is 188 g/mol. The van der Waals surface area contributed by atoms with E-state index in [4.69, 9.17) is 10.5 Å². The van der Waals surface area contributed by atoms with Gasteiger partial charge >= 0.3 is 0 Å². The molecule has 0 saturated heterocycles. The predicted octanol–water partition coefficient (Wildman–Crippen LogP) is 1.08. The van der Waals surface area contributed by atoms with Crippen LogP contribution in [-0.4, -0.2) is 45.3 Å². The van der Waals surface area contributed by atoms with Crippen LogP contribution in [0.1, 0.15) is 25.7 Å². The quantitative estimate of drug-likeness (QED) is 0.550. The van der Waals surface area contributed by atoms with Gasteiger partial charge in [-0.05, 0) is 39.4 Å². The van der Waals surface area contributed by atoms with Crippen LogP contribution in [0.15, 0.2) is 0 Å². The molecule has 0 atom stereocenters. The fourth-order valence-corrected chi connectivity index (χ4v) is 1.29. The first-order chi connectivity index (χ1) is 6.31. The van der Waals surface area contributed by atoms with Gasteiger partial charge in [0.25, 0.3) is 0 Å². The van der Waals surface area contributed by atoms with Gasteiger partial charge in [-0.25, -0.2) is 0 Å². The van der Waals surface area contributed by atoms with Crippen molar-refractivity contribution in [3.05, 3.63) is 0 Å². The molecule has 80 valence electrons. The van der Waals surface area contributed by atoms with Gasteiger partial charge in [0.1, 0.15) is 0 Å². The molecule has 0 amide bonds. The number of ether oxygens (including phenoxy) is 1. The second-order valence-corrected chi connectivity index (χ2v) is 3.50. The maximum Gasteiger partial charge on any atom is 0.0474 e. The van der Waals surface area contributed by atoms with Gasteiger partial charge in [0.15, 0.2) is 0 Å². The van der Waals surface area contributed by atoms with Crippen molar-refractivity contribution < 1.29 is 4.74 Å². The van der Waals surface area contributed by atoms with Crippen LogP contribution >= 0.6 is 0 Å². The van der Waals surface area contributed by atoms with Crippen molar-refractivity contribution in [1.82, 2.24) is 4.90 Å². The number of hydrogen-bond acceptors (Lipinski definition) is 3. The van der Waals surface area contributed by atoms with Crippen molar-refractivity contribution >= 4 is 0 Å². The highest BCUT2D eigenvalue weighted by molar-refractivity contribution is 4.52. The number of nitrogens with zero attached hydrogens (tertiary/aromatic N) is 1. The van der Waals surface area contributed by atoms with Gasteiger partial charge in [0.05, 0.1) is 0 Å². The van der Waals surface area contributed by atoms with E-state index in [2.05, 4.69) is 11.9 Å². The molecule has 0 bridgehead atoms. The Morgan fingerprint density at radius 1 is 1.08 bits per heavy atom. The van der Waals surface area contributed by atoms with Crippen molar-refractivity contribution in [2.45, 2.75) is 25.7 Å². The predicted molar refractivity (Wildman–Crippen MR) is 56.9 cm³/mol. The van der Waals surface area contributed by atoms with Gasteiger partial charge in [-0.15, -0.1) is 0 Å². The van der Waals surface area contributed by atoms with Gasteiger partial charge in [0, 0.05) is 20.3 Å². The van der Waals surface area contributed by atoms with Crippen molar-refractivity contribution in [2.24, 2.45) is 5.73 Å². The third-order valence-corrected chi connectivity index (χ3v) is 2.13. The van der Waals surface area contributed by atoms with E-state index < -0.39 is 0 Å². The molecule has 0 heterocycles. The smallest absolute Gasteiger partial charge is 0.0474 e. The summed E-state index contributed by atoms with van der Waals surface area (Å²) < 4.78 is 4.99. The van der Waals surface area contributed by atoms with Gasteiger partial charge < -0.3 is 15.4 Å². The molecule has 0 aliphatic carbocycles. The van der Waals surface area contributed by atoms with E-state index >= 15 is 0 Å². The molecule has 13 heavy (non-hydrogen) atoms. The molecule has 0 saturated carbocycles.